The van der Waals surface area contributed by atoms with Crippen molar-refractivity contribution in [2.45, 2.75) is 18.1 Å². The maximum Gasteiger partial charge on any atom is 0.148 e. The highest BCUT2D eigenvalue weighted by molar-refractivity contribution is 9.10. The van der Waals surface area contributed by atoms with Crippen LogP contribution in [0.5, 0.6) is 5.75 Å². The van der Waals surface area contributed by atoms with Crippen molar-refractivity contribution in [3.8, 4) is 18.1 Å². The Kier molecular flexibility index (Phi) is 4.61. The number of nitrogens with two attached hydrogens (primary N) is 2. The summed E-state index contributed by atoms with van der Waals surface area (Å²) in [5.41, 5.74) is 12.5. The molecule has 4 N–H and O–H groups in total. The Bertz CT molecular complexity index is 591. The first-order chi connectivity index (χ1) is 9.55. The zero-order chi connectivity index (χ0) is 14.6. The molecule has 5 heteroatoms. The molecule has 1 aliphatic rings. The second kappa shape index (κ2) is 6.23. The van der Waals surface area contributed by atoms with E-state index in [1.54, 1.807) is 6.21 Å². The van der Waals surface area contributed by atoms with Crippen LogP contribution in [0.1, 0.15) is 5.56 Å². The van der Waals surface area contributed by atoms with Crippen LogP contribution in [0.4, 0.5) is 0 Å². The topological polar surface area (TPSA) is 73.6 Å². The molecule has 20 heavy (non-hydrogen) atoms. The summed E-state index contributed by atoms with van der Waals surface area (Å²) in [6.07, 6.45) is 10.6. The van der Waals surface area contributed by atoms with Gasteiger partial charge in [0.25, 0.3) is 0 Å². The molecule has 1 aromatic rings. The molecule has 0 spiro atoms. The third-order valence-corrected chi connectivity index (χ3v) is 3.61. The van der Waals surface area contributed by atoms with Gasteiger partial charge in [-0.25, -0.2) is 0 Å². The molecule has 1 aliphatic heterocycles. The minimum absolute atomic E-state index is 0.215. The van der Waals surface area contributed by atoms with Crippen molar-refractivity contribution < 1.29 is 4.74 Å². The molecule has 0 saturated heterocycles. The monoisotopic (exact) mass is 333 g/mol. The molecular formula is C15H16BrN3O. The molecule has 0 amide bonds. The smallest absolute Gasteiger partial charge is 0.148 e. The summed E-state index contributed by atoms with van der Waals surface area (Å²) < 4.78 is 6.49. The first-order valence-corrected chi connectivity index (χ1v) is 6.94. The average Bonchev–Trinajstić information content (AvgIpc) is 2.41. The Balaban J connectivity index is 2.28. The summed E-state index contributed by atoms with van der Waals surface area (Å²) in [4.78, 5) is 4.15. The van der Waals surface area contributed by atoms with Gasteiger partial charge in [-0.1, -0.05) is 27.9 Å². The van der Waals surface area contributed by atoms with Crippen molar-refractivity contribution in [3.05, 3.63) is 40.4 Å². The Labute approximate surface area is 127 Å². The van der Waals surface area contributed by atoms with E-state index in [1.165, 1.54) is 0 Å². The van der Waals surface area contributed by atoms with Crippen LogP contribution < -0.4 is 16.2 Å². The van der Waals surface area contributed by atoms with Gasteiger partial charge in [0.2, 0.25) is 0 Å². The van der Waals surface area contributed by atoms with E-state index in [0.29, 0.717) is 12.2 Å². The van der Waals surface area contributed by atoms with Gasteiger partial charge in [0.15, 0.2) is 0 Å². The molecule has 0 radical (unpaired) electrons. The van der Waals surface area contributed by atoms with E-state index >= 15 is 0 Å². The van der Waals surface area contributed by atoms with Gasteiger partial charge < -0.3 is 16.2 Å². The number of hydrogen-bond acceptors (Lipinski definition) is 4. The van der Waals surface area contributed by atoms with Crippen LogP contribution in [0.3, 0.4) is 0 Å². The molecule has 0 bridgehead atoms. The molecular weight excluding hydrogens is 318 g/mol. The van der Waals surface area contributed by atoms with Crippen LogP contribution in [0.15, 0.2) is 39.8 Å². The summed E-state index contributed by atoms with van der Waals surface area (Å²) in [5, 5.41) is 0. The van der Waals surface area contributed by atoms with Crippen LogP contribution in [0.25, 0.3) is 0 Å². The molecule has 2 atom stereocenters. The van der Waals surface area contributed by atoms with Gasteiger partial charge >= 0.3 is 0 Å². The van der Waals surface area contributed by atoms with Crippen molar-refractivity contribution >= 4 is 22.1 Å². The molecule has 4 nitrogen and oxygen atoms in total. The van der Waals surface area contributed by atoms with Gasteiger partial charge in [0.05, 0.1) is 5.54 Å². The number of rotatable bonds is 4. The third-order valence-electron chi connectivity index (χ3n) is 3.12. The van der Waals surface area contributed by atoms with Crippen molar-refractivity contribution in [3.63, 3.8) is 0 Å². The van der Waals surface area contributed by atoms with E-state index in [0.717, 1.165) is 10.0 Å². The number of terminal acetylenes is 1. The van der Waals surface area contributed by atoms with Crippen LogP contribution in [-0.2, 0) is 6.42 Å². The Morgan fingerprint density at radius 1 is 1.50 bits per heavy atom. The Morgan fingerprint density at radius 3 is 3.00 bits per heavy atom. The predicted octanol–water partition coefficient (Wildman–Crippen LogP) is 1.63. The van der Waals surface area contributed by atoms with Gasteiger partial charge in [0.1, 0.15) is 18.5 Å². The Morgan fingerprint density at radius 2 is 2.30 bits per heavy atom. The lowest BCUT2D eigenvalue weighted by Crippen LogP contribution is -2.55. The quantitative estimate of drug-likeness (QED) is 0.822. The molecule has 2 rings (SSSR count). The third kappa shape index (κ3) is 3.28. The van der Waals surface area contributed by atoms with E-state index in [1.807, 2.05) is 30.4 Å². The largest absolute Gasteiger partial charge is 0.481 e. The molecule has 1 aromatic carbocycles. The summed E-state index contributed by atoms with van der Waals surface area (Å²) in [6.45, 7) is 0.215. The van der Waals surface area contributed by atoms with Crippen molar-refractivity contribution in [2.75, 3.05) is 6.61 Å². The standard InChI is InChI=1S/C15H16BrN3O/c1-2-8-20-13-5-4-12(16)9-11(13)10-15(18)6-3-7-19-14(15)17/h1,3-7,9,14H,8,10,17-18H2. The summed E-state index contributed by atoms with van der Waals surface area (Å²) in [6, 6.07) is 5.72. The minimum atomic E-state index is -0.732. The lowest BCUT2D eigenvalue weighted by molar-refractivity contribution is 0.357. The maximum absolute atomic E-state index is 6.35. The minimum Gasteiger partial charge on any atom is -0.481 e. The molecule has 104 valence electrons. The Hall–Kier alpha value is -1.61. The van der Waals surface area contributed by atoms with E-state index in [4.69, 9.17) is 22.6 Å². The van der Waals surface area contributed by atoms with Crippen LogP contribution in [0.2, 0.25) is 0 Å². The van der Waals surface area contributed by atoms with E-state index in [9.17, 15) is 0 Å². The molecule has 1 heterocycles. The lowest BCUT2D eigenvalue weighted by Gasteiger charge is -2.32. The van der Waals surface area contributed by atoms with Crippen molar-refractivity contribution in [2.24, 2.45) is 16.5 Å². The number of hydrogen-bond donors (Lipinski definition) is 2. The number of halogens is 1. The summed E-state index contributed by atoms with van der Waals surface area (Å²) in [7, 11) is 0. The molecule has 0 saturated carbocycles. The fourth-order valence-corrected chi connectivity index (χ4v) is 2.45. The normalized spacial score (nSPS) is 24.4. The second-order valence-electron chi connectivity index (χ2n) is 4.64. The number of aliphatic imine (C=N–C) groups is 1. The molecule has 0 aromatic heterocycles. The number of dihydropyridines is 1. The van der Waals surface area contributed by atoms with Gasteiger partial charge in [0, 0.05) is 17.1 Å². The molecule has 0 aliphatic carbocycles. The highest BCUT2D eigenvalue weighted by Crippen LogP contribution is 2.28. The van der Waals surface area contributed by atoms with Gasteiger partial charge in [-0.05, 0) is 29.8 Å². The fourth-order valence-electron chi connectivity index (χ4n) is 2.04. The van der Waals surface area contributed by atoms with Crippen LogP contribution >= 0.6 is 15.9 Å². The zero-order valence-electron chi connectivity index (χ0n) is 10.9. The first-order valence-electron chi connectivity index (χ1n) is 6.15. The van der Waals surface area contributed by atoms with Gasteiger partial charge in [-0.15, -0.1) is 6.42 Å². The summed E-state index contributed by atoms with van der Waals surface area (Å²) in [5.74, 6) is 3.17. The van der Waals surface area contributed by atoms with Crippen LogP contribution in [0, 0.1) is 12.3 Å². The lowest BCUT2D eigenvalue weighted by atomic mass is 9.87. The number of ether oxygens (including phenoxy) is 1. The van der Waals surface area contributed by atoms with Crippen LogP contribution in [-0.4, -0.2) is 24.5 Å². The second-order valence-corrected chi connectivity index (χ2v) is 5.55. The highest BCUT2D eigenvalue weighted by Gasteiger charge is 2.32. The number of benzene rings is 1. The predicted molar refractivity (Wildman–Crippen MR) is 84.7 cm³/mol. The summed E-state index contributed by atoms with van der Waals surface area (Å²) >= 11 is 3.45. The van der Waals surface area contributed by atoms with E-state index < -0.39 is 11.7 Å². The van der Waals surface area contributed by atoms with Crippen molar-refractivity contribution in [1.82, 2.24) is 0 Å². The maximum atomic E-state index is 6.35. The van der Waals surface area contributed by atoms with E-state index in [-0.39, 0.29) is 6.61 Å². The van der Waals surface area contributed by atoms with Gasteiger partial charge in [-0.3, -0.25) is 4.99 Å². The van der Waals surface area contributed by atoms with E-state index in [2.05, 4.69) is 26.8 Å². The molecule has 0 fully saturated rings. The highest BCUT2D eigenvalue weighted by atomic mass is 79.9. The van der Waals surface area contributed by atoms with Gasteiger partial charge in [-0.2, -0.15) is 0 Å². The fraction of sp³-hybridized carbons (Fsp3) is 0.267. The average molecular weight is 334 g/mol. The zero-order valence-corrected chi connectivity index (χ0v) is 12.5. The number of nitrogens with zero attached hydrogens (tertiary/aromatic N) is 1. The molecule has 2 unspecified atom stereocenters. The first kappa shape index (κ1) is 14.8. The SMILES string of the molecule is C#CCOc1ccc(Br)cc1CC1(N)C=CC=NC1N. The van der Waals surface area contributed by atoms with Crippen molar-refractivity contribution in [1.29, 1.82) is 0 Å². The number of allylic oxidation sites excluding steroid dienone is 1.